The van der Waals surface area contributed by atoms with Crippen LogP contribution < -0.4 is 24.7 Å². The summed E-state index contributed by atoms with van der Waals surface area (Å²) in [6, 6.07) is 1.36. The third-order valence-electron chi connectivity index (χ3n) is 9.69. The van der Waals surface area contributed by atoms with Gasteiger partial charge in [-0.05, 0) is 38.4 Å². The number of aryl methyl sites for hydroxylation is 1. The zero-order valence-electron chi connectivity index (χ0n) is 25.1. The number of nitrogens with zero attached hydrogens (tertiary/aromatic N) is 3. The van der Waals surface area contributed by atoms with Gasteiger partial charge in [-0.2, -0.15) is 5.26 Å². The van der Waals surface area contributed by atoms with Crippen LogP contribution in [0.2, 0.25) is 0 Å². The maximum Gasteiger partial charge on any atom is 0.323 e. The maximum absolute atomic E-state index is 13.0. The molecule has 3 N–H and O–H groups in total. The topological polar surface area (TPSA) is 157 Å². The van der Waals surface area contributed by atoms with E-state index in [0.29, 0.717) is 40.5 Å². The lowest BCUT2D eigenvalue weighted by atomic mass is 9.71. The summed E-state index contributed by atoms with van der Waals surface area (Å²) in [6.45, 7) is 4.93. The molecule has 12 nitrogen and oxygen atoms in total. The number of likely N-dealkylation sites (N-methyl/N-ethyl adjacent to an activating group) is 1. The van der Waals surface area contributed by atoms with E-state index < -0.39 is 47.4 Å². The Morgan fingerprint density at radius 1 is 1.18 bits per heavy atom. The first-order valence-corrected chi connectivity index (χ1v) is 15.6. The predicted octanol–water partition coefficient (Wildman–Crippen LogP) is 2.56. The van der Waals surface area contributed by atoms with Gasteiger partial charge in [0.15, 0.2) is 23.0 Å². The number of nitriles is 1. The molecule has 7 rings (SSSR count). The second-order valence-corrected chi connectivity index (χ2v) is 13.2. The highest BCUT2D eigenvalue weighted by molar-refractivity contribution is 7.99. The Morgan fingerprint density at radius 2 is 1.93 bits per heavy atom. The molecule has 0 saturated carbocycles. The van der Waals surface area contributed by atoms with Crippen molar-refractivity contribution in [3.63, 3.8) is 0 Å². The van der Waals surface area contributed by atoms with Gasteiger partial charge < -0.3 is 34.5 Å². The van der Waals surface area contributed by atoms with Crippen molar-refractivity contribution in [3.8, 4) is 34.8 Å². The van der Waals surface area contributed by atoms with Crippen molar-refractivity contribution in [1.29, 1.82) is 5.26 Å². The van der Waals surface area contributed by atoms with Crippen molar-refractivity contribution in [1.82, 2.24) is 9.80 Å². The van der Waals surface area contributed by atoms with E-state index >= 15 is 0 Å². The molecule has 2 fully saturated rings. The van der Waals surface area contributed by atoms with E-state index in [-0.39, 0.29) is 30.9 Å². The van der Waals surface area contributed by atoms with Crippen molar-refractivity contribution in [2.24, 2.45) is 5.73 Å². The zero-order valence-corrected chi connectivity index (χ0v) is 25.9. The Balaban J connectivity index is 1.56. The van der Waals surface area contributed by atoms with Crippen LogP contribution in [-0.2, 0) is 20.7 Å². The molecule has 2 aromatic carbocycles. The monoisotopic (exact) mass is 622 g/mol. The van der Waals surface area contributed by atoms with Crippen molar-refractivity contribution < 1.29 is 38.4 Å². The Hall–Kier alpha value is -3.70. The number of rotatable bonds is 2. The molecule has 5 heterocycles. The van der Waals surface area contributed by atoms with Crippen LogP contribution in [0.1, 0.15) is 57.6 Å². The lowest BCUT2D eigenvalue weighted by molar-refractivity contribution is -0.150. The molecule has 0 aromatic heterocycles. The standard InChI is InChI=1S/C31H34N4O8S/c1-12-6-15-7-17-18(8-32)35-19-9-40-31(38)16(33)10-44-30(24(35)23(34(17)4)20(15)25(37)26(12)39-5)22-21(19)29-28(41-11-42-29)13(2)27(22)43-14(3)36/h6,16-19,23-24,30,37H,7,9-11,33H2,1-5H3/t16?,17?,18-,19-,23?,24?,30+/m0/s1. The highest BCUT2D eigenvalue weighted by Crippen LogP contribution is 2.64. The first-order chi connectivity index (χ1) is 21.1. The van der Waals surface area contributed by atoms with E-state index in [2.05, 4.69) is 15.9 Å². The molecule has 5 aliphatic rings. The van der Waals surface area contributed by atoms with Crippen LogP contribution in [0.3, 0.4) is 0 Å². The van der Waals surface area contributed by atoms with Gasteiger partial charge in [0, 0.05) is 47.0 Å². The molecular formula is C31H34N4O8S. The SMILES string of the molecule is COc1c(C)cc2c(c1O)C1C3[C@@H]4SCC(N)C(=O)OC[C@@H](c5c6c(c(C)c(OC(C)=O)c54)OCO6)N3[C@@H](C#N)C(C2)N1C. The molecule has 4 bridgehead atoms. The van der Waals surface area contributed by atoms with Crippen molar-refractivity contribution in [2.45, 2.75) is 68.7 Å². The van der Waals surface area contributed by atoms with Gasteiger partial charge in [0.1, 0.15) is 24.4 Å². The third kappa shape index (κ3) is 3.94. The minimum Gasteiger partial charge on any atom is -0.504 e. The first kappa shape index (κ1) is 29.0. The van der Waals surface area contributed by atoms with E-state index in [4.69, 9.17) is 29.4 Å². The number of phenolic OH excluding ortho intramolecular Hbond substituents is 1. The van der Waals surface area contributed by atoms with Crippen molar-refractivity contribution in [2.75, 3.05) is 33.3 Å². The normalized spacial score (nSPS) is 30.4. The second kappa shape index (κ2) is 10.4. The summed E-state index contributed by atoms with van der Waals surface area (Å²) in [7, 11) is 3.51. The highest BCUT2D eigenvalue weighted by Gasteiger charge is 2.60. The number of piperazine rings is 1. The number of carbonyl (C=O) groups is 2. The molecular weight excluding hydrogens is 588 g/mol. The van der Waals surface area contributed by atoms with Gasteiger partial charge in [-0.3, -0.25) is 19.4 Å². The van der Waals surface area contributed by atoms with Gasteiger partial charge in [-0.25, -0.2) is 0 Å². The Kier molecular flexibility index (Phi) is 6.89. The first-order valence-electron chi connectivity index (χ1n) is 14.5. The summed E-state index contributed by atoms with van der Waals surface area (Å²) >= 11 is 1.44. The second-order valence-electron chi connectivity index (χ2n) is 12.0. The van der Waals surface area contributed by atoms with Crippen LogP contribution in [0, 0.1) is 25.2 Å². The molecule has 0 aliphatic carbocycles. The Labute approximate surface area is 258 Å². The quantitative estimate of drug-likeness (QED) is 0.372. The number of hydrogen-bond acceptors (Lipinski definition) is 13. The van der Waals surface area contributed by atoms with E-state index in [1.807, 2.05) is 27.0 Å². The largest absolute Gasteiger partial charge is 0.504 e. The number of ether oxygens (including phenoxy) is 5. The van der Waals surface area contributed by atoms with Gasteiger partial charge in [0.05, 0.1) is 30.5 Å². The predicted molar refractivity (Wildman–Crippen MR) is 158 cm³/mol. The number of nitrogens with two attached hydrogens (primary N) is 1. The van der Waals surface area contributed by atoms with Crippen LogP contribution in [0.15, 0.2) is 6.07 Å². The molecule has 0 spiro atoms. The number of cyclic esters (lactones) is 1. The molecule has 2 aromatic rings. The molecule has 232 valence electrons. The number of aromatic hydroxyl groups is 1. The number of fused-ring (bicyclic) bond motifs is 9. The number of carbonyl (C=O) groups excluding carboxylic acids is 2. The lowest BCUT2D eigenvalue weighted by Gasteiger charge is -2.61. The Bertz CT molecular complexity index is 1640. The Morgan fingerprint density at radius 3 is 2.64 bits per heavy atom. The van der Waals surface area contributed by atoms with Gasteiger partial charge >= 0.3 is 11.9 Å². The summed E-state index contributed by atoms with van der Waals surface area (Å²) in [5, 5.41) is 22.1. The summed E-state index contributed by atoms with van der Waals surface area (Å²) in [5.74, 6) is 0.953. The fourth-order valence-corrected chi connectivity index (χ4v) is 9.42. The van der Waals surface area contributed by atoms with Crippen LogP contribution >= 0.6 is 11.8 Å². The van der Waals surface area contributed by atoms with Crippen LogP contribution in [-0.4, -0.2) is 84.3 Å². The molecule has 0 amide bonds. The van der Waals surface area contributed by atoms with Gasteiger partial charge in [0.25, 0.3) is 0 Å². The van der Waals surface area contributed by atoms with Crippen LogP contribution in [0.5, 0.6) is 28.7 Å². The van der Waals surface area contributed by atoms with E-state index in [1.54, 1.807) is 0 Å². The smallest absolute Gasteiger partial charge is 0.323 e. The van der Waals surface area contributed by atoms with Crippen LogP contribution in [0.4, 0.5) is 0 Å². The van der Waals surface area contributed by atoms with Gasteiger partial charge in [0.2, 0.25) is 6.79 Å². The number of thioether (sulfide) groups is 1. The summed E-state index contributed by atoms with van der Waals surface area (Å²) < 4.78 is 29.4. The van der Waals surface area contributed by atoms with Crippen LogP contribution in [0.25, 0.3) is 0 Å². The number of hydrogen-bond donors (Lipinski definition) is 2. The van der Waals surface area contributed by atoms with Crippen molar-refractivity contribution >= 4 is 23.7 Å². The molecule has 2 saturated heterocycles. The summed E-state index contributed by atoms with van der Waals surface area (Å²) in [4.78, 5) is 29.8. The van der Waals surface area contributed by atoms with Gasteiger partial charge in [-0.1, -0.05) is 6.07 Å². The van der Waals surface area contributed by atoms with Crippen molar-refractivity contribution in [3.05, 3.63) is 39.4 Å². The molecule has 5 aliphatic heterocycles. The fraction of sp³-hybridized carbons (Fsp3) is 0.516. The van der Waals surface area contributed by atoms with E-state index in [0.717, 1.165) is 22.3 Å². The minimum atomic E-state index is -0.890. The molecule has 0 radical (unpaired) electrons. The molecule has 44 heavy (non-hydrogen) atoms. The number of benzene rings is 2. The third-order valence-corrected chi connectivity index (χ3v) is 11.1. The number of methoxy groups -OCH3 is 1. The minimum absolute atomic E-state index is 0.0270. The number of esters is 2. The number of phenols is 1. The average molecular weight is 623 g/mol. The highest BCUT2D eigenvalue weighted by atomic mass is 32.2. The zero-order chi connectivity index (χ0) is 31.2. The molecule has 7 atom stereocenters. The maximum atomic E-state index is 13.0. The lowest BCUT2D eigenvalue weighted by Crippen LogP contribution is -2.69. The molecule has 4 unspecified atom stereocenters. The van der Waals surface area contributed by atoms with Gasteiger partial charge in [-0.15, -0.1) is 11.8 Å². The fourth-order valence-electron chi connectivity index (χ4n) is 7.98. The van der Waals surface area contributed by atoms with E-state index in [1.165, 1.54) is 25.8 Å². The summed E-state index contributed by atoms with van der Waals surface area (Å²) in [5.41, 5.74) is 10.8. The van der Waals surface area contributed by atoms with E-state index in [9.17, 15) is 20.0 Å². The molecule has 13 heteroatoms. The summed E-state index contributed by atoms with van der Waals surface area (Å²) in [6.07, 6.45) is 0.522. The average Bonchev–Trinajstić information content (AvgIpc) is 3.47.